The molecule has 0 aliphatic carbocycles. The molecule has 0 aliphatic rings. The summed E-state index contributed by atoms with van der Waals surface area (Å²) in [7, 11) is 0. The molecule has 0 bridgehead atoms. The van der Waals surface area contributed by atoms with Gasteiger partial charge in [0.05, 0.1) is 10.7 Å². The Morgan fingerprint density at radius 1 is 1.21 bits per heavy atom. The smallest absolute Gasteiger partial charge is 0.277 e. The number of aryl methyl sites for hydroxylation is 2. The lowest BCUT2D eigenvalue weighted by Gasteiger charge is -2.12. The van der Waals surface area contributed by atoms with Gasteiger partial charge in [-0.2, -0.15) is 0 Å². The summed E-state index contributed by atoms with van der Waals surface area (Å²) < 4.78 is 5.53. The number of hydrogen-bond donors (Lipinski definition) is 1. The zero-order valence-electron chi connectivity index (χ0n) is 15.3. The number of non-ortho nitro benzene ring substituents is 1. The van der Waals surface area contributed by atoms with Crippen LogP contribution < -0.4 is 5.32 Å². The number of aromatic nitrogens is 2. The molecule has 2 aromatic carbocycles. The molecule has 1 N–H and O–H groups in total. The van der Waals surface area contributed by atoms with Gasteiger partial charge in [-0.25, -0.2) is 0 Å². The van der Waals surface area contributed by atoms with E-state index in [1.54, 1.807) is 0 Å². The first kappa shape index (κ1) is 19.6. The molecule has 9 heteroatoms. The van der Waals surface area contributed by atoms with Crippen molar-refractivity contribution in [3.63, 3.8) is 0 Å². The summed E-state index contributed by atoms with van der Waals surface area (Å²) in [6, 6.07) is 11.7. The number of carbonyl (C=O) groups is 1. The maximum absolute atomic E-state index is 12.3. The Balaban J connectivity index is 1.61. The van der Waals surface area contributed by atoms with Gasteiger partial charge in [0.15, 0.2) is 0 Å². The topological polar surface area (TPSA) is 111 Å². The molecular weight excluding hydrogens is 380 g/mol. The van der Waals surface area contributed by atoms with Gasteiger partial charge in [0, 0.05) is 23.4 Å². The minimum atomic E-state index is -0.476. The predicted octanol–water partition coefficient (Wildman–Crippen LogP) is 4.25. The Kier molecular flexibility index (Phi) is 6.05. The average Bonchev–Trinajstić information content (AvgIpc) is 3.17. The van der Waals surface area contributed by atoms with E-state index in [9.17, 15) is 14.9 Å². The lowest BCUT2D eigenvalue weighted by molar-refractivity contribution is -0.384. The van der Waals surface area contributed by atoms with Crippen LogP contribution in [0.25, 0.3) is 11.5 Å². The molecule has 1 amide bonds. The SMILES string of the molecule is CCc1cccc(C)c1NC(=O)CSc1nnc(-c2ccc([N+](=O)[O-])cc2)o1. The number of nitrogens with one attached hydrogen (secondary N) is 1. The first-order chi connectivity index (χ1) is 13.5. The lowest BCUT2D eigenvalue weighted by atomic mass is 10.1. The number of nitro groups is 1. The van der Waals surface area contributed by atoms with Crippen molar-refractivity contribution >= 4 is 29.0 Å². The maximum Gasteiger partial charge on any atom is 0.277 e. The van der Waals surface area contributed by atoms with Crippen LogP contribution in [0.5, 0.6) is 0 Å². The van der Waals surface area contributed by atoms with Gasteiger partial charge in [-0.15, -0.1) is 10.2 Å². The van der Waals surface area contributed by atoms with Crippen LogP contribution >= 0.6 is 11.8 Å². The van der Waals surface area contributed by atoms with Gasteiger partial charge in [0.2, 0.25) is 11.8 Å². The number of nitrogens with zero attached hydrogens (tertiary/aromatic N) is 3. The second-order valence-corrected chi connectivity index (χ2v) is 6.90. The van der Waals surface area contributed by atoms with E-state index in [1.807, 2.05) is 32.0 Å². The van der Waals surface area contributed by atoms with E-state index in [0.717, 1.165) is 35.0 Å². The molecule has 0 aliphatic heterocycles. The van der Waals surface area contributed by atoms with Crippen LogP contribution in [0, 0.1) is 17.0 Å². The van der Waals surface area contributed by atoms with Gasteiger partial charge in [0.1, 0.15) is 0 Å². The standard InChI is InChI=1S/C19H18N4O4S/c1-3-13-6-4-5-12(2)17(13)20-16(24)11-28-19-22-21-18(27-19)14-7-9-15(10-8-14)23(25)26/h4-10H,3,11H2,1-2H3,(H,20,24). The summed E-state index contributed by atoms with van der Waals surface area (Å²) in [6.45, 7) is 3.99. The summed E-state index contributed by atoms with van der Waals surface area (Å²) >= 11 is 1.13. The number of nitro benzene ring substituents is 1. The third kappa shape index (κ3) is 4.55. The minimum Gasteiger partial charge on any atom is -0.411 e. The Hall–Kier alpha value is -3.20. The molecule has 3 aromatic rings. The molecular formula is C19H18N4O4S. The van der Waals surface area contributed by atoms with Crippen LogP contribution in [0.1, 0.15) is 18.1 Å². The number of carbonyl (C=O) groups excluding carboxylic acids is 1. The fraction of sp³-hybridized carbons (Fsp3) is 0.211. The highest BCUT2D eigenvalue weighted by Gasteiger charge is 2.14. The highest BCUT2D eigenvalue weighted by molar-refractivity contribution is 7.99. The Bertz CT molecular complexity index is 1000. The zero-order chi connectivity index (χ0) is 20.1. The second-order valence-electron chi connectivity index (χ2n) is 5.98. The van der Waals surface area contributed by atoms with Crippen molar-refractivity contribution in [1.29, 1.82) is 0 Å². The fourth-order valence-corrected chi connectivity index (χ4v) is 3.18. The average molecular weight is 398 g/mol. The van der Waals surface area contributed by atoms with Gasteiger partial charge in [0.25, 0.3) is 10.9 Å². The van der Waals surface area contributed by atoms with Gasteiger partial charge < -0.3 is 9.73 Å². The number of rotatable bonds is 7. The monoisotopic (exact) mass is 398 g/mol. The molecule has 0 radical (unpaired) electrons. The molecule has 0 atom stereocenters. The van der Waals surface area contributed by atoms with E-state index in [4.69, 9.17) is 4.42 Å². The van der Waals surface area contributed by atoms with E-state index in [0.29, 0.717) is 5.56 Å². The molecule has 144 valence electrons. The zero-order valence-corrected chi connectivity index (χ0v) is 16.2. The number of amides is 1. The summed E-state index contributed by atoms with van der Waals surface area (Å²) in [6.07, 6.45) is 0.826. The molecule has 28 heavy (non-hydrogen) atoms. The van der Waals surface area contributed by atoms with Crippen LogP contribution in [0.2, 0.25) is 0 Å². The first-order valence-corrected chi connectivity index (χ1v) is 9.56. The third-order valence-corrected chi connectivity index (χ3v) is 4.88. The normalized spacial score (nSPS) is 10.6. The Labute approximate surface area is 165 Å². The highest BCUT2D eigenvalue weighted by atomic mass is 32.2. The molecule has 1 heterocycles. The van der Waals surface area contributed by atoms with Gasteiger partial charge in [-0.3, -0.25) is 14.9 Å². The molecule has 0 spiro atoms. The molecule has 0 saturated carbocycles. The Morgan fingerprint density at radius 3 is 2.64 bits per heavy atom. The molecule has 0 unspecified atom stereocenters. The van der Waals surface area contributed by atoms with Gasteiger partial charge in [-0.1, -0.05) is 36.9 Å². The van der Waals surface area contributed by atoms with Crippen molar-refractivity contribution in [2.75, 3.05) is 11.1 Å². The van der Waals surface area contributed by atoms with Crippen molar-refractivity contribution in [2.45, 2.75) is 25.5 Å². The van der Waals surface area contributed by atoms with E-state index in [1.165, 1.54) is 24.3 Å². The van der Waals surface area contributed by atoms with Crippen molar-refractivity contribution in [2.24, 2.45) is 0 Å². The first-order valence-electron chi connectivity index (χ1n) is 8.57. The van der Waals surface area contributed by atoms with E-state index in [2.05, 4.69) is 15.5 Å². The fourth-order valence-electron chi connectivity index (χ4n) is 2.62. The Morgan fingerprint density at radius 2 is 1.96 bits per heavy atom. The number of para-hydroxylation sites is 1. The minimum absolute atomic E-state index is 0.0165. The quantitative estimate of drug-likeness (QED) is 0.360. The molecule has 3 rings (SSSR count). The molecule has 1 aromatic heterocycles. The molecule has 8 nitrogen and oxygen atoms in total. The van der Waals surface area contributed by atoms with Crippen LogP contribution in [-0.2, 0) is 11.2 Å². The van der Waals surface area contributed by atoms with Crippen LogP contribution in [-0.4, -0.2) is 26.8 Å². The number of anilines is 1. The summed E-state index contributed by atoms with van der Waals surface area (Å²) in [5, 5.41) is 21.7. The van der Waals surface area contributed by atoms with Crippen LogP contribution in [0.4, 0.5) is 11.4 Å². The van der Waals surface area contributed by atoms with E-state index in [-0.39, 0.29) is 28.5 Å². The maximum atomic E-state index is 12.3. The lowest BCUT2D eigenvalue weighted by Crippen LogP contribution is -2.16. The number of thioether (sulfide) groups is 1. The number of hydrogen-bond acceptors (Lipinski definition) is 7. The van der Waals surface area contributed by atoms with Crippen LogP contribution in [0.15, 0.2) is 52.1 Å². The highest BCUT2D eigenvalue weighted by Crippen LogP contribution is 2.26. The van der Waals surface area contributed by atoms with Crippen molar-refractivity contribution in [3.8, 4) is 11.5 Å². The van der Waals surface area contributed by atoms with Crippen molar-refractivity contribution < 1.29 is 14.1 Å². The second kappa shape index (κ2) is 8.66. The summed E-state index contributed by atoms with van der Waals surface area (Å²) in [4.78, 5) is 22.5. The predicted molar refractivity (Wildman–Crippen MR) is 106 cm³/mol. The summed E-state index contributed by atoms with van der Waals surface area (Å²) in [5.74, 6) is 0.202. The van der Waals surface area contributed by atoms with Gasteiger partial charge >= 0.3 is 0 Å². The largest absolute Gasteiger partial charge is 0.411 e. The number of benzene rings is 2. The van der Waals surface area contributed by atoms with Gasteiger partial charge in [-0.05, 0) is 36.6 Å². The summed E-state index contributed by atoms with van der Waals surface area (Å²) in [5.41, 5.74) is 3.49. The molecule has 0 fully saturated rings. The van der Waals surface area contributed by atoms with Crippen LogP contribution in [0.3, 0.4) is 0 Å². The van der Waals surface area contributed by atoms with E-state index < -0.39 is 4.92 Å². The third-order valence-electron chi connectivity index (χ3n) is 4.06. The van der Waals surface area contributed by atoms with Crippen molar-refractivity contribution in [3.05, 3.63) is 63.7 Å². The van der Waals surface area contributed by atoms with Crippen molar-refractivity contribution in [1.82, 2.24) is 10.2 Å². The molecule has 0 saturated heterocycles. The van der Waals surface area contributed by atoms with E-state index >= 15 is 0 Å².